The Morgan fingerprint density at radius 2 is 1.31 bits per heavy atom. The quantitative estimate of drug-likeness (QED) is 0.288. The van der Waals surface area contributed by atoms with Crippen molar-refractivity contribution in [2.24, 2.45) is 0 Å². The van der Waals surface area contributed by atoms with Gasteiger partial charge in [0.15, 0.2) is 0 Å². The van der Waals surface area contributed by atoms with E-state index in [1.807, 2.05) is 0 Å². The van der Waals surface area contributed by atoms with E-state index in [1.54, 1.807) is 0 Å². The molecule has 0 spiro atoms. The Labute approximate surface area is 153 Å². The van der Waals surface area contributed by atoms with Crippen molar-refractivity contribution in [2.75, 3.05) is 65.9 Å². The van der Waals surface area contributed by atoms with E-state index in [4.69, 9.17) is 18.9 Å². The highest BCUT2D eigenvalue weighted by molar-refractivity contribution is 6.14. The maximum absolute atomic E-state index is 11.6. The van der Waals surface area contributed by atoms with Crippen LogP contribution in [0.5, 0.6) is 0 Å². The molecule has 148 valence electrons. The van der Waals surface area contributed by atoms with Crippen LogP contribution in [0.15, 0.2) is 12.2 Å². The number of hydrogen-bond donors (Lipinski definition) is 1. The van der Waals surface area contributed by atoms with Crippen LogP contribution < -0.4 is 5.32 Å². The standard InChI is InChI=1S/C17H28N2O7/c1-2-6-23-8-10-25-12-13-26-11-9-24-7-5-18-15(20)14-19-16(21)3-4-17(19)22/h3-4H,2,5-14H2,1H3,(H,18,20). The van der Waals surface area contributed by atoms with Crippen molar-refractivity contribution in [3.63, 3.8) is 0 Å². The normalized spacial score (nSPS) is 13.7. The number of ether oxygens (including phenoxy) is 4. The molecule has 1 heterocycles. The second-order valence-corrected chi connectivity index (χ2v) is 5.40. The summed E-state index contributed by atoms with van der Waals surface area (Å²) in [4.78, 5) is 35.1. The largest absolute Gasteiger partial charge is 0.379 e. The third kappa shape index (κ3) is 10.2. The smallest absolute Gasteiger partial charge is 0.254 e. The number of amides is 3. The molecule has 9 heteroatoms. The first-order valence-corrected chi connectivity index (χ1v) is 8.76. The van der Waals surface area contributed by atoms with E-state index in [1.165, 1.54) is 0 Å². The lowest BCUT2D eigenvalue weighted by Crippen LogP contribution is -2.41. The molecule has 0 unspecified atom stereocenters. The molecule has 0 saturated heterocycles. The van der Waals surface area contributed by atoms with Gasteiger partial charge in [0, 0.05) is 25.3 Å². The number of nitrogens with one attached hydrogen (secondary N) is 1. The summed E-state index contributed by atoms with van der Waals surface area (Å²) in [5.74, 6) is -1.36. The van der Waals surface area contributed by atoms with Gasteiger partial charge in [-0.05, 0) is 6.42 Å². The van der Waals surface area contributed by atoms with Crippen molar-refractivity contribution >= 4 is 17.7 Å². The molecule has 0 aromatic rings. The lowest BCUT2D eigenvalue weighted by molar-refractivity contribution is -0.141. The Morgan fingerprint density at radius 1 is 0.846 bits per heavy atom. The number of carbonyl (C=O) groups excluding carboxylic acids is 3. The van der Waals surface area contributed by atoms with E-state index >= 15 is 0 Å². The average molecular weight is 372 g/mol. The van der Waals surface area contributed by atoms with Crippen LogP contribution in [-0.4, -0.2) is 88.6 Å². The Balaban J connectivity index is 1.83. The van der Waals surface area contributed by atoms with Crippen LogP contribution in [0.1, 0.15) is 13.3 Å². The van der Waals surface area contributed by atoms with Gasteiger partial charge in [0.25, 0.3) is 11.8 Å². The van der Waals surface area contributed by atoms with Crippen molar-refractivity contribution in [3.05, 3.63) is 12.2 Å². The maximum Gasteiger partial charge on any atom is 0.254 e. The van der Waals surface area contributed by atoms with Gasteiger partial charge in [0.2, 0.25) is 5.91 Å². The van der Waals surface area contributed by atoms with E-state index in [-0.39, 0.29) is 6.54 Å². The van der Waals surface area contributed by atoms with E-state index < -0.39 is 17.7 Å². The van der Waals surface area contributed by atoms with Gasteiger partial charge in [-0.2, -0.15) is 0 Å². The summed E-state index contributed by atoms with van der Waals surface area (Å²) in [5.41, 5.74) is 0. The molecular formula is C17H28N2O7. The van der Waals surface area contributed by atoms with Crippen molar-refractivity contribution < 1.29 is 33.3 Å². The molecule has 0 aromatic heterocycles. The van der Waals surface area contributed by atoms with E-state index in [0.29, 0.717) is 52.8 Å². The van der Waals surface area contributed by atoms with Gasteiger partial charge in [-0.3, -0.25) is 19.3 Å². The summed E-state index contributed by atoms with van der Waals surface area (Å²) < 4.78 is 21.2. The second-order valence-electron chi connectivity index (χ2n) is 5.40. The van der Waals surface area contributed by atoms with Gasteiger partial charge in [-0.15, -0.1) is 0 Å². The summed E-state index contributed by atoms with van der Waals surface area (Å²) in [5, 5.41) is 2.58. The molecule has 0 radical (unpaired) electrons. The molecule has 0 atom stereocenters. The van der Waals surface area contributed by atoms with Gasteiger partial charge in [0.05, 0.1) is 46.2 Å². The zero-order valence-electron chi connectivity index (χ0n) is 15.2. The predicted octanol–water partition coefficient (Wildman–Crippen LogP) is -0.496. The van der Waals surface area contributed by atoms with Gasteiger partial charge < -0.3 is 24.3 Å². The molecule has 26 heavy (non-hydrogen) atoms. The van der Waals surface area contributed by atoms with Crippen LogP contribution in [-0.2, 0) is 33.3 Å². The van der Waals surface area contributed by atoms with Crippen LogP contribution in [0.25, 0.3) is 0 Å². The van der Waals surface area contributed by atoms with Crippen molar-refractivity contribution in [1.82, 2.24) is 10.2 Å². The Kier molecular flexibility index (Phi) is 12.3. The number of rotatable bonds is 16. The van der Waals surface area contributed by atoms with Gasteiger partial charge in [-0.1, -0.05) is 6.92 Å². The molecule has 9 nitrogen and oxygen atoms in total. The molecule has 0 saturated carbocycles. The van der Waals surface area contributed by atoms with Crippen LogP contribution >= 0.6 is 0 Å². The summed E-state index contributed by atoms with van der Waals surface area (Å²) in [6, 6.07) is 0. The summed E-state index contributed by atoms with van der Waals surface area (Å²) in [7, 11) is 0. The van der Waals surface area contributed by atoms with Crippen molar-refractivity contribution in [2.45, 2.75) is 13.3 Å². The van der Waals surface area contributed by atoms with E-state index in [9.17, 15) is 14.4 Å². The Bertz CT molecular complexity index is 450. The van der Waals surface area contributed by atoms with Crippen LogP contribution in [0, 0.1) is 0 Å². The Hall–Kier alpha value is -1.81. The highest BCUT2D eigenvalue weighted by Gasteiger charge is 2.25. The topological polar surface area (TPSA) is 103 Å². The van der Waals surface area contributed by atoms with Gasteiger partial charge in [-0.25, -0.2) is 0 Å². The summed E-state index contributed by atoms with van der Waals surface area (Å²) in [6.45, 7) is 6.14. The fourth-order valence-electron chi connectivity index (χ4n) is 1.96. The molecule has 1 N–H and O–H groups in total. The minimum atomic E-state index is -0.476. The minimum Gasteiger partial charge on any atom is -0.379 e. The SMILES string of the molecule is CCCOCCOCCOCCOCCNC(=O)CN1C(=O)C=CC1=O. The molecule has 0 bridgehead atoms. The number of hydrogen-bond acceptors (Lipinski definition) is 7. The zero-order chi connectivity index (χ0) is 19.0. The third-order valence-corrected chi connectivity index (χ3v) is 3.24. The fourth-order valence-corrected chi connectivity index (χ4v) is 1.96. The van der Waals surface area contributed by atoms with Crippen LogP contribution in [0.2, 0.25) is 0 Å². The van der Waals surface area contributed by atoms with E-state index in [2.05, 4.69) is 12.2 Å². The average Bonchev–Trinajstić information content (AvgIpc) is 2.94. The lowest BCUT2D eigenvalue weighted by Gasteiger charge is -2.13. The maximum atomic E-state index is 11.6. The molecule has 1 aliphatic heterocycles. The monoisotopic (exact) mass is 372 g/mol. The molecule has 0 aromatic carbocycles. The first-order valence-electron chi connectivity index (χ1n) is 8.76. The second kappa shape index (κ2) is 14.4. The van der Waals surface area contributed by atoms with Gasteiger partial charge in [0.1, 0.15) is 6.54 Å². The summed E-state index contributed by atoms with van der Waals surface area (Å²) in [6.07, 6.45) is 3.29. The minimum absolute atomic E-state index is 0.280. The molecule has 0 aliphatic carbocycles. The van der Waals surface area contributed by atoms with Gasteiger partial charge >= 0.3 is 0 Å². The van der Waals surface area contributed by atoms with E-state index in [0.717, 1.165) is 30.1 Å². The third-order valence-electron chi connectivity index (χ3n) is 3.24. The summed E-state index contributed by atoms with van der Waals surface area (Å²) >= 11 is 0. The zero-order valence-corrected chi connectivity index (χ0v) is 15.2. The fraction of sp³-hybridized carbons (Fsp3) is 0.706. The number of carbonyl (C=O) groups is 3. The molecular weight excluding hydrogens is 344 g/mol. The molecule has 1 aliphatic rings. The highest BCUT2D eigenvalue weighted by atomic mass is 16.6. The first-order chi connectivity index (χ1) is 12.6. The van der Waals surface area contributed by atoms with Crippen LogP contribution in [0.3, 0.4) is 0 Å². The number of imide groups is 1. The molecule has 3 amide bonds. The first kappa shape index (κ1) is 22.2. The lowest BCUT2D eigenvalue weighted by atomic mass is 10.4. The van der Waals surface area contributed by atoms with Crippen molar-refractivity contribution in [1.29, 1.82) is 0 Å². The number of nitrogens with zero attached hydrogens (tertiary/aromatic N) is 1. The van der Waals surface area contributed by atoms with Crippen molar-refractivity contribution in [3.8, 4) is 0 Å². The Morgan fingerprint density at radius 3 is 1.81 bits per heavy atom. The molecule has 1 rings (SSSR count). The predicted molar refractivity (Wildman–Crippen MR) is 92.4 cm³/mol. The molecule has 0 fully saturated rings. The van der Waals surface area contributed by atoms with Crippen LogP contribution in [0.4, 0.5) is 0 Å². The highest BCUT2D eigenvalue weighted by Crippen LogP contribution is 2.02.